The number of benzene rings is 3. The predicted octanol–water partition coefficient (Wildman–Crippen LogP) is 4.96. The van der Waals surface area contributed by atoms with E-state index >= 15 is 0 Å². The van der Waals surface area contributed by atoms with Gasteiger partial charge in [0.15, 0.2) is 0 Å². The lowest BCUT2D eigenvalue weighted by Crippen LogP contribution is -1.87. The zero-order chi connectivity index (χ0) is 18.9. The molecule has 6 heteroatoms. The number of nitrogens with zero attached hydrogens (tertiary/aromatic N) is 3. The van der Waals surface area contributed by atoms with E-state index in [0.29, 0.717) is 11.8 Å². The SMILES string of the molecule is COc1cccc(-c2nnc(-c3ccccc3-c3nc4ccccc4[nH]3)o2)c1. The third-order valence-corrected chi connectivity index (χ3v) is 4.54. The smallest absolute Gasteiger partial charge is 0.248 e. The van der Waals surface area contributed by atoms with E-state index in [1.54, 1.807) is 7.11 Å². The molecule has 5 aromatic rings. The first-order valence-corrected chi connectivity index (χ1v) is 8.84. The number of nitrogens with one attached hydrogen (secondary N) is 1. The molecule has 0 radical (unpaired) electrons. The number of H-pyrrole nitrogens is 1. The molecule has 1 N–H and O–H groups in total. The van der Waals surface area contributed by atoms with Crippen molar-refractivity contribution in [3.05, 3.63) is 72.8 Å². The molecule has 136 valence electrons. The lowest BCUT2D eigenvalue weighted by Gasteiger charge is -2.03. The van der Waals surface area contributed by atoms with Gasteiger partial charge in [-0.1, -0.05) is 36.4 Å². The van der Waals surface area contributed by atoms with Crippen LogP contribution in [0.2, 0.25) is 0 Å². The number of aromatic nitrogens is 4. The molecular weight excluding hydrogens is 352 g/mol. The molecule has 3 aromatic carbocycles. The Bertz CT molecular complexity index is 1240. The second-order valence-electron chi connectivity index (χ2n) is 6.29. The third kappa shape index (κ3) is 2.81. The van der Waals surface area contributed by atoms with Crippen LogP contribution in [0.25, 0.3) is 45.3 Å². The summed E-state index contributed by atoms with van der Waals surface area (Å²) >= 11 is 0. The van der Waals surface area contributed by atoms with E-state index in [9.17, 15) is 0 Å². The average Bonchev–Trinajstić information content (AvgIpc) is 3.41. The van der Waals surface area contributed by atoms with Crippen LogP contribution in [-0.4, -0.2) is 27.3 Å². The van der Waals surface area contributed by atoms with Crippen molar-refractivity contribution in [2.45, 2.75) is 0 Å². The monoisotopic (exact) mass is 368 g/mol. The fourth-order valence-electron chi connectivity index (χ4n) is 3.16. The molecular formula is C22H16N4O2. The van der Waals surface area contributed by atoms with E-state index < -0.39 is 0 Å². The van der Waals surface area contributed by atoms with Crippen LogP contribution in [0.15, 0.2) is 77.2 Å². The Morgan fingerprint density at radius 2 is 1.61 bits per heavy atom. The van der Waals surface area contributed by atoms with Gasteiger partial charge in [0.2, 0.25) is 11.8 Å². The zero-order valence-electron chi connectivity index (χ0n) is 15.1. The molecule has 0 aliphatic rings. The maximum absolute atomic E-state index is 5.97. The van der Waals surface area contributed by atoms with Crippen molar-refractivity contribution in [3.63, 3.8) is 0 Å². The van der Waals surface area contributed by atoms with Crippen molar-refractivity contribution < 1.29 is 9.15 Å². The Balaban J connectivity index is 1.58. The number of rotatable bonds is 4. The van der Waals surface area contributed by atoms with Gasteiger partial charge in [-0.15, -0.1) is 10.2 Å². The summed E-state index contributed by atoms with van der Waals surface area (Å²) in [6.45, 7) is 0. The van der Waals surface area contributed by atoms with Gasteiger partial charge in [-0.2, -0.15) is 0 Å². The maximum atomic E-state index is 5.97. The average molecular weight is 368 g/mol. The molecule has 0 amide bonds. The molecule has 5 rings (SSSR count). The zero-order valence-corrected chi connectivity index (χ0v) is 15.1. The number of fused-ring (bicyclic) bond motifs is 1. The number of imidazole rings is 1. The number of ether oxygens (including phenoxy) is 1. The van der Waals surface area contributed by atoms with Gasteiger partial charge in [0.05, 0.1) is 18.1 Å². The summed E-state index contributed by atoms with van der Waals surface area (Å²) in [6.07, 6.45) is 0. The van der Waals surface area contributed by atoms with Gasteiger partial charge < -0.3 is 14.1 Å². The second kappa shape index (κ2) is 6.66. The van der Waals surface area contributed by atoms with E-state index in [0.717, 1.165) is 39.3 Å². The summed E-state index contributed by atoms with van der Waals surface area (Å²) in [4.78, 5) is 8.05. The lowest BCUT2D eigenvalue weighted by molar-refractivity contribution is 0.415. The summed E-state index contributed by atoms with van der Waals surface area (Å²) in [5, 5.41) is 8.47. The van der Waals surface area contributed by atoms with Gasteiger partial charge in [-0.3, -0.25) is 0 Å². The number of para-hydroxylation sites is 2. The number of methoxy groups -OCH3 is 1. The fourth-order valence-corrected chi connectivity index (χ4v) is 3.16. The fraction of sp³-hybridized carbons (Fsp3) is 0.0455. The van der Waals surface area contributed by atoms with Crippen molar-refractivity contribution in [3.8, 4) is 40.0 Å². The van der Waals surface area contributed by atoms with Gasteiger partial charge in [0.25, 0.3) is 0 Å². The van der Waals surface area contributed by atoms with Crippen LogP contribution in [0.5, 0.6) is 5.75 Å². The van der Waals surface area contributed by atoms with Crippen LogP contribution < -0.4 is 4.74 Å². The molecule has 0 spiro atoms. The molecule has 0 atom stereocenters. The first kappa shape index (κ1) is 16.3. The summed E-state index contributed by atoms with van der Waals surface area (Å²) in [6, 6.07) is 23.3. The Morgan fingerprint density at radius 3 is 2.46 bits per heavy atom. The van der Waals surface area contributed by atoms with E-state index in [1.807, 2.05) is 72.8 Å². The van der Waals surface area contributed by atoms with Gasteiger partial charge >= 0.3 is 0 Å². The summed E-state index contributed by atoms with van der Waals surface area (Å²) in [7, 11) is 1.63. The van der Waals surface area contributed by atoms with Gasteiger partial charge in [0, 0.05) is 16.7 Å². The van der Waals surface area contributed by atoms with Gasteiger partial charge in [0.1, 0.15) is 11.6 Å². The Labute approximate surface area is 160 Å². The molecule has 0 unspecified atom stereocenters. The first-order valence-electron chi connectivity index (χ1n) is 8.84. The number of hydrogen-bond acceptors (Lipinski definition) is 5. The standard InChI is InChI=1S/C22H16N4O2/c1-27-15-8-6-7-14(13-15)21-25-26-22(28-21)17-10-3-2-9-16(17)20-23-18-11-4-5-12-19(18)24-20/h2-13H,1H3,(H,23,24). The van der Waals surface area contributed by atoms with E-state index in [4.69, 9.17) is 14.1 Å². The second-order valence-corrected chi connectivity index (χ2v) is 6.29. The summed E-state index contributed by atoms with van der Waals surface area (Å²) < 4.78 is 11.2. The largest absolute Gasteiger partial charge is 0.497 e. The van der Waals surface area contributed by atoms with E-state index in [2.05, 4.69) is 15.2 Å². The Hall–Kier alpha value is -3.93. The summed E-state index contributed by atoms with van der Waals surface area (Å²) in [5.41, 5.74) is 4.42. The quantitative estimate of drug-likeness (QED) is 0.485. The third-order valence-electron chi connectivity index (χ3n) is 4.54. The van der Waals surface area contributed by atoms with Crippen molar-refractivity contribution in [1.82, 2.24) is 20.2 Å². The number of aromatic amines is 1. The summed E-state index contributed by atoms with van der Waals surface area (Å²) in [5.74, 6) is 2.38. The van der Waals surface area contributed by atoms with Crippen LogP contribution in [0.1, 0.15) is 0 Å². The highest BCUT2D eigenvalue weighted by Gasteiger charge is 2.17. The minimum atomic E-state index is 0.438. The van der Waals surface area contributed by atoms with Crippen molar-refractivity contribution in [1.29, 1.82) is 0 Å². The minimum Gasteiger partial charge on any atom is -0.497 e. The van der Waals surface area contributed by atoms with Crippen molar-refractivity contribution in [2.24, 2.45) is 0 Å². The first-order chi connectivity index (χ1) is 13.8. The molecule has 0 bridgehead atoms. The van der Waals surface area contributed by atoms with Crippen molar-refractivity contribution in [2.75, 3.05) is 7.11 Å². The molecule has 0 fully saturated rings. The maximum Gasteiger partial charge on any atom is 0.248 e. The lowest BCUT2D eigenvalue weighted by atomic mass is 10.1. The normalized spacial score (nSPS) is 11.0. The molecule has 6 nitrogen and oxygen atoms in total. The Morgan fingerprint density at radius 1 is 0.821 bits per heavy atom. The topological polar surface area (TPSA) is 76.8 Å². The highest BCUT2D eigenvalue weighted by Crippen LogP contribution is 2.32. The van der Waals surface area contributed by atoms with Crippen LogP contribution in [0.4, 0.5) is 0 Å². The van der Waals surface area contributed by atoms with Crippen LogP contribution in [0, 0.1) is 0 Å². The molecule has 2 heterocycles. The Kier molecular flexibility index (Phi) is 3.87. The molecule has 0 saturated carbocycles. The highest BCUT2D eigenvalue weighted by atomic mass is 16.5. The van der Waals surface area contributed by atoms with Gasteiger partial charge in [-0.25, -0.2) is 4.98 Å². The predicted molar refractivity (Wildman–Crippen MR) is 107 cm³/mol. The molecule has 0 aliphatic heterocycles. The van der Waals surface area contributed by atoms with Crippen LogP contribution in [-0.2, 0) is 0 Å². The van der Waals surface area contributed by atoms with Crippen LogP contribution in [0.3, 0.4) is 0 Å². The number of hydrogen-bond donors (Lipinski definition) is 1. The minimum absolute atomic E-state index is 0.438. The van der Waals surface area contributed by atoms with Crippen LogP contribution >= 0.6 is 0 Å². The molecule has 28 heavy (non-hydrogen) atoms. The van der Waals surface area contributed by atoms with E-state index in [-0.39, 0.29) is 0 Å². The molecule has 0 aliphatic carbocycles. The molecule has 2 aromatic heterocycles. The van der Waals surface area contributed by atoms with E-state index in [1.165, 1.54) is 0 Å². The van der Waals surface area contributed by atoms with Crippen molar-refractivity contribution >= 4 is 11.0 Å². The van der Waals surface area contributed by atoms with Gasteiger partial charge in [-0.05, 0) is 36.4 Å². The highest BCUT2D eigenvalue weighted by molar-refractivity contribution is 5.83. The molecule has 0 saturated heterocycles.